The molecule has 0 aliphatic carbocycles. The highest BCUT2D eigenvalue weighted by molar-refractivity contribution is 14.0. The minimum atomic E-state index is -0.0379. The van der Waals surface area contributed by atoms with Crippen molar-refractivity contribution in [3.8, 4) is 17.2 Å². The summed E-state index contributed by atoms with van der Waals surface area (Å²) in [6.07, 6.45) is -0.0379. The molecule has 0 spiro atoms. The summed E-state index contributed by atoms with van der Waals surface area (Å²) >= 11 is 0. The van der Waals surface area contributed by atoms with E-state index in [1.54, 1.807) is 14.2 Å². The average Bonchev–Trinajstić information content (AvgIpc) is 2.74. The Balaban J connectivity index is 0.00000480. The number of likely N-dealkylation sites (N-methyl/N-ethyl adjacent to an activating group) is 1. The molecule has 0 aliphatic heterocycles. The SMILES string of the molecule is CN=C(NCc1cccc(OCCN(C)C)c1)NCC(C)Oc1cccc(OC)c1.I. The Morgan fingerprint density at radius 1 is 1.03 bits per heavy atom. The number of ether oxygens (including phenoxy) is 3. The van der Waals surface area contributed by atoms with Crippen molar-refractivity contribution in [3.05, 3.63) is 54.1 Å². The van der Waals surface area contributed by atoms with Crippen molar-refractivity contribution in [1.29, 1.82) is 0 Å². The fourth-order valence-corrected chi connectivity index (χ4v) is 2.69. The maximum Gasteiger partial charge on any atom is 0.191 e. The smallest absolute Gasteiger partial charge is 0.191 e. The van der Waals surface area contributed by atoms with Crippen LogP contribution in [0.3, 0.4) is 0 Å². The Hall–Kier alpha value is -2.20. The van der Waals surface area contributed by atoms with Gasteiger partial charge in [-0.1, -0.05) is 18.2 Å². The number of guanidine groups is 1. The first-order valence-electron chi connectivity index (χ1n) is 10.1. The molecule has 0 bridgehead atoms. The molecule has 2 aromatic rings. The second kappa shape index (κ2) is 14.7. The van der Waals surface area contributed by atoms with E-state index in [-0.39, 0.29) is 30.1 Å². The molecule has 7 nitrogen and oxygen atoms in total. The Labute approximate surface area is 203 Å². The summed E-state index contributed by atoms with van der Waals surface area (Å²) in [5.74, 6) is 3.14. The summed E-state index contributed by atoms with van der Waals surface area (Å²) in [7, 11) is 7.46. The number of methoxy groups -OCH3 is 1. The standard InChI is InChI=1S/C23H34N4O3.HI/c1-18(30-22-11-7-9-20(15-22)28-5)16-25-23(24-2)26-17-19-8-6-10-21(14-19)29-13-12-27(3)4;/h6-11,14-15,18H,12-13,16-17H2,1-5H3,(H2,24,25,26);1H. The van der Waals surface area contributed by atoms with E-state index in [0.717, 1.165) is 35.3 Å². The topological polar surface area (TPSA) is 67.4 Å². The van der Waals surface area contributed by atoms with E-state index in [2.05, 4.69) is 26.6 Å². The first-order valence-corrected chi connectivity index (χ1v) is 10.1. The zero-order valence-corrected chi connectivity index (χ0v) is 21.4. The van der Waals surface area contributed by atoms with Gasteiger partial charge in [0.1, 0.15) is 30.0 Å². The third kappa shape index (κ3) is 10.6. The summed E-state index contributed by atoms with van der Waals surface area (Å²) in [5, 5.41) is 6.62. The van der Waals surface area contributed by atoms with E-state index >= 15 is 0 Å². The molecule has 2 N–H and O–H groups in total. The number of hydrogen-bond donors (Lipinski definition) is 2. The van der Waals surface area contributed by atoms with Crippen molar-refractivity contribution in [2.75, 3.05) is 47.9 Å². The van der Waals surface area contributed by atoms with Gasteiger partial charge >= 0.3 is 0 Å². The van der Waals surface area contributed by atoms with Crippen molar-refractivity contribution < 1.29 is 14.2 Å². The van der Waals surface area contributed by atoms with Gasteiger partial charge in [-0.3, -0.25) is 4.99 Å². The zero-order chi connectivity index (χ0) is 21.8. The molecule has 31 heavy (non-hydrogen) atoms. The first-order chi connectivity index (χ1) is 14.5. The van der Waals surface area contributed by atoms with Gasteiger partial charge in [0, 0.05) is 26.2 Å². The predicted molar refractivity (Wildman–Crippen MR) is 137 cm³/mol. The molecule has 2 aromatic carbocycles. The lowest BCUT2D eigenvalue weighted by atomic mass is 10.2. The van der Waals surface area contributed by atoms with Crippen molar-refractivity contribution in [2.24, 2.45) is 4.99 Å². The molecule has 0 radical (unpaired) electrons. The second-order valence-electron chi connectivity index (χ2n) is 7.21. The van der Waals surface area contributed by atoms with E-state index in [1.165, 1.54) is 0 Å². The Morgan fingerprint density at radius 2 is 1.74 bits per heavy atom. The van der Waals surface area contributed by atoms with Crippen molar-refractivity contribution in [2.45, 2.75) is 19.6 Å². The van der Waals surface area contributed by atoms with Gasteiger partial charge in [-0.15, -0.1) is 24.0 Å². The van der Waals surface area contributed by atoms with Gasteiger partial charge in [-0.25, -0.2) is 0 Å². The number of benzene rings is 2. The molecule has 0 aromatic heterocycles. The molecular weight excluding hydrogens is 507 g/mol. The second-order valence-corrected chi connectivity index (χ2v) is 7.21. The molecule has 0 amide bonds. The van der Waals surface area contributed by atoms with Crippen LogP contribution in [0.25, 0.3) is 0 Å². The van der Waals surface area contributed by atoms with Crippen molar-refractivity contribution in [1.82, 2.24) is 15.5 Å². The van der Waals surface area contributed by atoms with Gasteiger partial charge in [-0.05, 0) is 50.8 Å². The number of aliphatic imine (C=N–C) groups is 1. The van der Waals surface area contributed by atoms with Gasteiger partial charge in [0.15, 0.2) is 5.96 Å². The fraction of sp³-hybridized carbons (Fsp3) is 0.435. The van der Waals surface area contributed by atoms with Crippen LogP contribution in [-0.4, -0.2) is 64.9 Å². The Bertz CT molecular complexity index is 802. The van der Waals surface area contributed by atoms with Gasteiger partial charge in [0.05, 0.1) is 13.7 Å². The monoisotopic (exact) mass is 542 g/mol. The predicted octanol–water partition coefficient (Wildman–Crippen LogP) is 3.39. The molecule has 1 unspecified atom stereocenters. The Morgan fingerprint density at radius 3 is 2.45 bits per heavy atom. The number of rotatable bonds is 11. The molecule has 172 valence electrons. The maximum atomic E-state index is 5.94. The number of halogens is 1. The largest absolute Gasteiger partial charge is 0.497 e. The summed E-state index contributed by atoms with van der Waals surface area (Å²) in [5.41, 5.74) is 1.13. The molecule has 0 fully saturated rings. The highest BCUT2D eigenvalue weighted by atomic mass is 127. The van der Waals surface area contributed by atoms with Crippen LogP contribution in [0.1, 0.15) is 12.5 Å². The van der Waals surface area contributed by atoms with Crippen LogP contribution < -0.4 is 24.8 Å². The van der Waals surface area contributed by atoms with Crippen molar-refractivity contribution in [3.63, 3.8) is 0 Å². The van der Waals surface area contributed by atoms with Crippen LogP contribution in [0.2, 0.25) is 0 Å². The number of nitrogens with zero attached hydrogens (tertiary/aromatic N) is 2. The summed E-state index contributed by atoms with van der Waals surface area (Å²) in [6, 6.07) is 15.7. The number of hydrogen-bond acceptors (Lipinski definition) is 5. The van der Waals surface area contributed by atoms with E-state index in [9.17, 15) is 0 Å². The van der Waals surface area contributed by atoms with Gasteiger partial charge in [0.2, 0.25) is 0 Å². The van der Waals surface area contributed by atoms with Crippen LogP contribution in [0.15, 0.2) is 53.5 Å². The van der Waals surface area contributed by atoms with E-state index in [0.29, 0.717) is 19.7 Å². The molecule has 0 aliphatic rings. The average molecular weight is 542 g/mol. The van der Waals surface area contributed by atoms with E-state index < -0.39 is 0 Å². The van der Waals surface area contributed by atoms with Crippen LogP contribution in [0, 0.1) is 0 Å². The van der Waals surface area contributed by atoms with E-state index in [4.69, 9.17) is 14.2 Å². The lowest BCUT2D eigenvalue weighted by molar-refractivity contribution is 0.223. The maximum absolute atomic E-state index is 5.94. The third-order valence-corrected chi connectivity index (χ3v) is 4.32. The lowest BCUT2D eigenvalue weighted by Crippen LogP contribution is -2.41. The third-order valence-electron chi connectivity index (χ3n) is 4.32. The quantitative estimate of drug-likeness (QED) is 0.258. The first kappa shape index (κ1) is 26.8. The van der Waals surface area contributed by atoms with Gasteiger partial charge in [-0.2, -0.15) is 0 Å². The molecule has 0 heterocycles. The lowest BCUT2D eigenvalue weighted by Gasteiger charge is -2.18. The van der Waals surface area contributed by atoms with Crippen LogP contribution in [0.5, 0.6) is 17.2 Å². The summed E-state index contributed by atoms with van der Waals surface area (Å²) in [6.45, 7) is 4.82. The minimum absolute atomic E-state index is 0. The van der Waals surface area contributed by atoms with Crippen molar-refractivity contribution >= 4 is 29.9 Å². The van der Waals surface area contributed by atoms with Gasteiger partial charge < -0.3 is 29.7 Å². The molecule has 2 rings (SSSR count). The number of nitrogens with one attached hydrogen (secondary N) is 2. The highest BCUT2D eigenvalue weighted by Gasteiger charge is 2.07. The normalized spacial score (nSPS) is 12.0. The van der Waals surface area contributed by atoms with Gasteiger partial charge in [0.25, 0.3) is 0 Å². The minimum Gasteiger partial charge on any atom is -0.497 e. The molecule has 0 saturated heterocycles. The zero-order valence-electron chi connectivity index (χ0n) is 19.1. The molecule has 1 atom stereocenters. The highest BCUT2D eigenvalue weighted by Crippen LogP contribution is 2.19. The Kier molecular flexibility index (Phi) is 12.8. The van der Waals surface area contributed by atoms with E-state index in [1.807, 2.05) is 63.5 Å². The fourth-order valence-electron chi connectivity index (χ4n) is 2.69. The summed E-state index contributed by atoms with van der Waals surface area (Å²) < 4.78 is 17.0. The summed E-state index contributed by atoms with van der Waals surface area (Å²) in [4.78, 5) is 6.38. The van der Waals surface area contributed by atoms with Crippen LogP contribution >= 0.6 is 24.0 Å². The van der Waals surface area contributed by atoms with Crippen LogP contribution in [0.4, 0.5) is 0 Å². The van der Waals surface area contributed by atoms with Crippen LogP contribution in [-0.2, 0) is 6.54 Å². The molecule has 0 saturated carbocycles. The molecular formula is C23H35IN4O3. The molecule has 8 heteroatoms.